The molecule has 2 atom stereocenters. The number of aliphatic hydroxyl groups excluding tert-OH is 1. The van der Waals surface area contributed by atoms with Crippen LogP contribution < -0.4 is 10.6 Å². The Morgan fingerprint density at radius 1 is 1.32 bits per heavy atom. The first-order valence-electron chi connectivity index (χ1n) is 7.89. The van der Waals surface area contributed by atoms with E-state index in [2.05, 4.69) is 22.7 Å². The van der Waals surface area contributed by atoms with E-state index in [9.17, 15) is 9.90 Å². The van der Waals surface area contributed by atoms with Crippen molar-refractivity contribution >= 4 is 6.03 Å². The van der Waals surface area contributed by atoms with E-state index < -0.39 is 6.10 Å². The molecule has 1 aromatic heterocycles. The highest BCUT2D eigenvalue weighted by Crippen LogP contribution is 2.24. The van der Waals surface area contributed by atoms with Crippen LogP contribution in [0.5, 0.6) is 0 Å². The number of aliphatic hydroxyl groups is 1. The van der Waals surface area contributed by atoms with Crippen molar-refractivity contribution in [1.82, 2.24) is 20.4 Å². The molecule has 0 fully saturated rings. The second-order valence-electron chi connectivity index (χ2n) is 7.07. The summed E-state index contributed by atoms with van der Waals surface area (Å²) in [5, 5.41) is 20.0. The maximum atomic E-state index is 11.9. The third-order valence-electron chi connectivity index (χ3n) is 3.81. The lowest BCUT2D eigenvalue weighted by Gasteiger charge is -2.33. The van der Waals surface area contributed by atoms with Crippen LogP contribution in [0.15, 0.2) is 18.5 Å². The van der Waals surface area contributed by atoms with Crippen molar-refractivity contribution in [2.75, 3.05) is 13.1 Å². The summed E-state index contributed by atoms with van der Waals surface area (Å²) in [6.45, 7) is 11.7. The first-order chi connectivity index (χ1) is 10.2. The highest BCUT2D eigenvalue weighted by molar-refractivity contribution is 5.73. The molecule has 1 aromatic rings. The fourth-order valence-corrected chi connectivity index (χ4v) is 2.44. The van der Waals surface area contributed by atoms with Gasteiger partial charge in [-0.2, -0.15) is 5.10 Å². The Bertz CT molecular complexity index is 443. The van der Waals surface area contributed by atoms with Gasteiger partial charge in [-0.3, -0.25) is 4.68 Å². The van der Waals surface area contributed by atoms with E-state index in [1.807, 2.05) is 44.6 Å². The lowest BCUT2D eigenvalue weighted by molar-refractivity contribution is 0.0151. The van der Waals surface area contributed by atoms with Crippen molar-refractivity contribution in [3.63, 3.8) is 0 Å². The van der Waals surface area contributed by atoms with Crippen LogP contribution >= 0.6 is 0 Å². The Morgan fingerprint density at radius 3 is 2.55 bits per heavy atom. The standard InChI is InChI=1S/C16H30N4O2/c1-12(2)14(21)16(4,5)11-18-15(22)17-9-13(3)10-20-8-6-7-19-20/h6-8,12-14,21H,9-11H2,1-5H3,(H2,17,18,22). The number of carbonyl (C=O) groups excluding carboxylic acids is 1. The monoisotopic (exact) mass is 310 g/mol. The van der Waals surface area contributed by atoms with Crippen molar-refractivity contribution in [2.45, 2.75) is 47.3 Å². The smallest absolute Gasteiger partial charge is 0.314 e. The zero-order valence-electron chi connectivity index (χ0n) is 14.3. The van der Waals surface area contributed by atoms with Gasteiger partial charge in [0.1, 0.15) is 0 Å². The summed E-state index contributed by atoms with van der Waals surface area (Å²) >= 11 is 0. The minimum Gasteiger partial charge on any atom is -0.392 e. The van der Waals surface area contributed by atoms with Crippen molar-refractivity contribution < 1.29 is 9.90 Å². The van der Waals surface area contributed by atoms with Gasteiger partial charge in [0.05, 0.1) is 6.10 Å². The molecule has 0 aliphatic rings. The van der Waals surface area contributed by atoms with Gasteiger partial charge in [-0.25, -0.2) is 4.79 Å². The van der Waals surface area contributed by atoms with E-state index in [-0.39, 0.29) is 17.4 Å². The number of rotatable bonds is 8. The number of urea groups is 1. The van der Waals surface area contributed by atoms with Crippen molar-refractivity contribution in [3.8, 4) is 0 Å². The molecular weight excluding hydrogens is 280 g/mol. The summed E-state index contributed by atoms with van der Waals surface area (Å²) < 4.78 is 1.85. The number of hydrogen-bond donors (Lipinski definition) is 3. The predicted octanol–water partition coefficient (Wildman–Crippen LogP) is 1.86. The summed E-state index contributed by atoms with van der Waals surface area (Å²) in [5.41, 5.74) is -0.355. The Kier molecular flexibility index (Phi) is 6.87. The predicted molar refractivity (Wildman–Crippen MR) is 87.4 cm³/mol. The summed E-state index contributed by atoms with van der Waals surface area (Å²) in [6, 6.07) is 1.69. The van der Waals surface area contributed by atoms with Crippen LogP contribution in [0.2, 0.25) is 0 Å². The fourth-order valence-electron chi connectivity index (χ4n) is 2.44. The zero-order chi connectivity index (χ0) is 16.8. The topological polar surface area (TPSA) is 79.2 Å². The second kappa shape index (κ2) is 8.17. The third-order valence-corrected chi connectivity index (χ3v) is 3.81. The molecule has 6 heteroatoms. The molecule has 6 nitrogen and oxygen atoms in total. The molecule has 126 valence electrons. The maximum Gasteiger partial charge on any atom is 0.314 e. The maximum absolute atomic E-state index is 11.9. The van der Waals surface area contributed by atoms with Gasteiger partial charge in [-0.05, 0) is 17.9 Å². The van der Waals surface area contributed by atoms with Gasteiger partial charge in [-0.15, -0.1) is 0 Å². The van der Waals surface area contributed by atoms with E-state index in [0.717, 1.165) is 6.54 Å². The van der Waals surface area contributed by atoms with E-state index in [4.69, 9.17) is 0 Å². The van der Waals surface area contributed by atoms with Gasteiger partial charge >= 0.3 is 6.03 Å². The quantitative estimate of drug-likeness (QED) is 0.686. The van der Waals surface area contributed by atoms with Crippen LogP contribution in [0.4, 0.5) is 4.79 Å². The largest absolute Gasteiger partial charge is 0.392 e. The molecule has 0 aliphatic heterocycles. The fraction of sp³-hybridized carbons (Fsp3) is 0.750. The molecule has 0 spiro atoms. The first-order valence-corrected chi connectivity index (χ1v) is 7.89. The van der Waals surface area contributed by atoms with E-state index in [0.29, 0.717) is 19.0 Å². The average Bonchev–Trinajstić information content (AvgIpc) is 2.94. The van der Waals surface area contributed by atoms with E-state index in [1.165, 1.54) is 0 Å². The molecule has 0 aliphatic carbocycles. The second-order valence-corrected chi connectivity index (χ2v) is 7.07. The van der Waals surface area contributed by atoms with Crippen LogP contribution in [0.3, 0.4) is 0 Å². The van der Waals surface area contributed by atoms with Crippen LogP contribution in [0, 0.1) is 17.3 Å². The highest BCUT2D eigenvalue weighted by Gasteiger charge is 2.30. The number of carbonyl (C=O) groups is 1. The first kappa shape index (κ1) is 18.5. The van der Waals surface area contributed by atoms with Crippen molar-refractivity contribution in [2.24, 2.45) is 17.3 Å². The van der Waals surface area contributed by atoms with E-state index >= 15 is 0 Å². The molecule has 22 heavy (non-hydrogen) atoms. The van der Waals surface area contributed by atoms with Gasteiger partial charge in [-0.1, -0.05) is 34.6 Å². The molecule has 2 amide bonds. The van der Waals surface area contributed by atoms with E-state index in [1.54, 1.807) is 6.20 Å². The third kappa shape index (κ3) is 6.05. The lowest BCUT2D eigenvalue weighted by Crippen LogP contribution is -2.47. The summed E-state index contributed by atoms with van der Waals surface area (Å²) in [4.78, 5) is 11.9. The van der Waals surface area contributed by atoms with Gasteiger partial charge in [0.2, 0.25) is 0 Å². The number of hydrogen-bond acceptors (Lipinski definition) is 3. The zero-order valence-corrected chi connectivity index (χ0v) is 14.3. The molecule has 0 bridgehead atoms. The number of aromatic nitrogens is 2. The van der Waals surface area contributed by atoms with Crippen LogP contribution in [0.25, 0.3) is 0 Å². The van der Waals surface area contributed by atoms with Crippen LogP contribution in [-0.4, -0.2) is 40.1 Å². The Balaban J connectivity index is 2.28. The van der Waals surface area contributed by atoms with Gasteiger partial charge < -0.3 is 15.7 Å². The Hall–Kier alpha value is -1.56. The number of nitrogens with one attached hydrogen (secondary N) is 2. The lowest BCUT2D eigenvalue weighted by atomic mass is 9.81. The summed E-state index contributed by atoms with van der Waals surface area (Å²) in [7, 11) is 0. The number of amides is 2. The molecule has 0 radical (unpaired) electrons. The average molecular weight is 310 g/mol. The Morgan fingerprint density at radius 2 is 2.00 bits per heavy atom. The minimum absolute atomic E-state index is 0.161. The molecule has 0 saturated carbocycles. The molecule has 2 unspecified atom stereocenters. The normalized spacial score (nSPS) is 14.7. The van der Waals surface area contributed by atoms with Crippen molar-refractivity contribution in [1.29, 1.82) is 0 Å². The minimum atomic E-state index is -0.452. The summed E-state index contributed by atoms with van der Waals surface area (Å²) in [6.07, 6.45) is 3.20. The van der Waals surface area contributed by atoms with Gasteiger partial charge in [0.15, 0.2) is 0 Å². The summed E-state index contributed by atoms with van der Waals surface area (Å²) in [5.74, 6) is 0.453. The van der Waals surface area contributed by atoms with Crippen LogP contribution in [0.1, 0.15) is 34.6 Å². The van der Waals surface area contributed by atoms with Gasteiger partial charge in [0, 0.05) is 37.4 Å². The molecular formula is C16H30N4O2. The molecule has 0 saturated heterocycles. The Labute approximate surface area is 133 Å². The van der Waals surface area contributed by atoms with Crippen LogP contribution in [-0.2, 0) is 6.54 Å². The number of nitrogens with zero attached hydrogens (tertiary/aromatic N) is 2. The SMILES string of the molecule is CC(CNC(=O)NCC(C)(C)C(O)C(C)C)Cn1cccn1. The molecule has 3 N–H and O–H groups in total. The molecule has 0 aromatic carbocycles. The van der Waals surface area contributed by atoms with Gasteiger partial charge in [0.25, 0.3) is 0 Å². The van der Waals surface area contributed by atoms with Crippen molar-refractivity contribution in [3.05, 3.63) is 18.5 Å². The molecule has 1 heterocycles. The highest BCUT2D eigenvalue weighted by atomic mass is 16.3. The molecule has 1 rings (SSSR count).